The van der Waals surface area contributed by atoms with E-state index in [4.69, 9.17) is 23.2 Å². The summed E-state index contributed by atoms with van der Waals surface area (Å²) in [7, 11) is 0. The first kappa shape index (κ1) is 18.7. The third-order valence-corrected chi connectivity index (χ3v) is 5.03. The van der Waals surface area contributed by atoms with Gasteiger partial charge in [0.25, 0.3) is 0 Å². The SMILES string of the molecule is Cl.O=C1Cc2cc(CC(=O)c3cc4c(cc3Cl)NC(=O)C4)c(Cl)cc2N1. The molecule has 2 aliphatic rings. The predicted molar refractivity (Wildman–Crippen MR) is 103 cm³/mol. The number of benzene rings is 2. The van der Waals surface area contributed by atoms with Gasteiger partial charge in [-0.15, -0.1) is 12.4 Å². The molecule has 0 aromatic heterocycles. The number of rotatable bonds is 3. The topological polar surface area (TPSA) is 75.3 Å². The third-order valence-electron chi connectivity index (χ3n) is 4.37. The zero-order valence-electron chi connectivity index (χ0n) is 13.3. The molecule has 2 heterocycles. The van der Waals surface area contributed by atoms with Crippen LogP contribution in [0.3, 0.4) is 0 Å². The van der Waals surface area contributed by atoms with E-state index in [1.54, 1.807) is 24.3 Å². The molecule has 2 N–H and O–H groups in total. The maximum Gasteiger partial charge on any atom is 0.228 e. The highest BCUT2D eigenvalue weighted by Gasteiger charge is 2.24. The molecular formula is C18H13Cl3N2O3. The van der Waals surface area contributed by atoms with Crippen molar-refractivity contribution in [1.82, 2.24) is 0 Å². The van der Waals surface area contributed by atoms with E-state index >= 15 is 0 Å². The van der Waals surface area contributed by atoms with E-state index in [9.17, 15) is 14.4 Å². The van der Waals surface area contributed by atoms with Crippen molar-refractivity contribution in [3.63, 3.8) is 0 Å². The lowest BCUT2D eigenvalue weighted by Gasteiger charge is -2.09. The molecule has 2 aliphatic heterocycles. The fraction of sp³-hybridized carbons (Fsp3) is 0.167. The zero-order chi connectivity index (χ0) is 17.7. The molecule has 0 aliphatic carbocycles. The van der Waals surface area contributed by atoms with Gasteiger partial charge in [-0.2, -0.15) is 0 Å². The average molecular weight is 412 g/mol. The highest BCUT2D eigenvalue weighted by molar-refractivity contribution is 6.35. The number of fused-ring (bicyclic) bond motifs is 2. The number of hydrogen-bond acceptors (Lipinski definition) is 3. The Morgan fingerprint density at radius 3 is 2.04 bits per heavy atom. The van der Waals surface area contributed by atoms with Gasteiger partial charge in [-0.05, 0) is 34.9 Å². The first-order valence-corrected chi connectivity index (χ1v) is 8.43. The Morgan fingerprint density at radius 1 is 0.885 bits per heavy atom. The van der Waals surface area contributed by atoms with Crippen molar-refractivity contribution >= 4 is 64.6 Å². The summed E-state index contributed by atoms with van der Waals surface area (Å²) in [6, 6.07) is 6.70. The Hall–Kier alpha value is -2.08. The largest absolute Gasteiger partial charge is 0.325 e. The van der Waals surface area contributed by atoms with Gasteiger partial charge >= 0.3 is 0 Å². The molecule has 0 unspecified atom stereocenters. The van der Waals surface area contributed by atoms with Gasteiger partial charge in [-0.3, -0.25) is 14.4 Å². The van der Waals surface area contributed by atoms with Crippen LogP contribution in [0.4, 0.5) is 11.4 Å². The Labute approximate surface area is 165 Å². The van der Waals surface area contributed by atoms with Crippen molar-refractivity contribution in [1.29, 1.82) is 0 Å². The first-order chi connectivity index (χ1) is 11.9. The molecule has 0 radical (unpaired) electrons. The van der Waals surface area contributed by atoms with Crippen LogP contribution in [0.15, 0.2) is 24.3 Å². The van der Waals surface area contributed by atoms with Gasteiger partial charge in [-0.1, -0.05) is 29.3 Å². The van der Waals surface area contributed by atoms with Crippen LogP contribution in [0.2, 0.25) is 10.0 Å². The lowest BCUT2D eigenvalue weighted by Crippen LogP contribution is -2.06. The Bertz CT molecular complexity index is 973. The predicted octanol–water partition coefficient (Wildman–Crippen LogP) is 3.83. The van der Waals surface area contributed by atoms with Crippen molar-refractivity contribution in [2.24, 2.45) is 0 Å². The molecule has 0 fully saturated rings. The van der Waals surface area contributed by atoms with Crippen LogP contribution in [0.25, 0.3) is 0 Å². The number of carbonyl (C=O) groups excluding carboxylic acids is 3. The van der Waals surface area contributed by atoms with Crippen molar-refractivity contribution in [3.05, 3.63) is 56.6 Å². The number of carbonyl (C=O) groups is 3. The highest BCUT2D eigenvalue weighted by atomic mass is 35.5. The molecule has 0 saturated carbocycles. The molecule has 0 atom stereocenters. The molecule has 2 amide bonds. The Balaban J connectivity index is 0.00000196. The summed E-state index contributed by atoms with van der Waals surface area (Å²) in [5.41, 5.74) is 3.92. The number of anilines is 2. The monoisotopic (exact) mass is 410 g/mol. The van der Waals surface area contributed by atoms with E-state index in [1.165, 1.54) is 0 Å². The second kappa shape index (κ2) is 6.91. The van der Waals surface area contributed by atoms with Gasteiger partial charge in [0.05, 0.1) is 17.9 Å². The second-order valence-electron chi connectivity index (χ2n) is 6.14. The van der Waals surface area contributed by atoms with Crippen molar-refractivity contribution in [3.8, 4) is 0 Å². The van der Waals surface area contributed by atoms with Gasteiger partial charge in [0.2, 0.25) is 11.8 Å². The molecule has 0 spiro atoms. The Morgan fingerprint density at radius 2 is 1.42 bits per heavy atom. The summed E-state index contributed by atoms with van der Waals surface area (Å²) in [6.07, 6.45) is 0.585. The van der Waals surface area contributed by atoms with Gasteiger partial charge in [0.1, 0.15) is 0 Å². The summed E-state index contributed by atoms with van der Waals surface area (Å²) in [5, 5.41) is 6.14. The van der Waals surface area contributed by atoms with E-state index in [0.29, 0.717) is 32.5 Å². The minimum atomic E-state index is -0.189. The maximum absolute atomic E-state index is 12.7. The second-order valence-corrected chi connectivity index (χ2v) is 6.95. The molecule has 134 valence electrons. The van der Waals surface area contributed by atoms with Crippen molar-refractivity contribution < 1.29 is 14.4 Å². The molecule has 0 bridgehead atoms. The van der Waals surface area contributed by atoms with Gasteiger partial charge in [0.15, 0.2) is 5.78 Å². The maximum atomic E-state index is 12.7. The fourth-order valence-corrected chi connectivity index (χ4v) is 3.66. The number of amides is 2. The zero-order valence-corrected chi connectivity index (χ0v) is 15.6. The molecule has 2 aromatic rings. The van der Waals surface area contributed by atoms with Crippen LogP contribution in [0, 0.1) is 0 Å². The number of hydrogen-bond donors (Lipinski definition) is 2. The normalized spacial score (nSPS) is 14.2. The van der Waals surface area contributed by atoms with Gasteiger partial charge < -0.3 is 10.6 Å². The molecule has 26 heavy (non-hydrogen) atoms. The highest BCUT2D eigenvalue weighted by Crippen LogP contribution is 2.33. The van der Waals surface area contributed by atoms with Crippen LogP contribution in [-0.2, 0) is 28.9 Å². The summed E-state index contributed by atoms with van der Waals surface area (Å²) in [4.78, 5) is 35.6. The minimum absolute atomic E-state index is 0. The van der Waals surface area contributed by atoms with Crippen LogP contribution in [0.5, 0.6) is 0 Å². The standard InChI is InChI=1S/C18H12Cl2N2O3.ClH/c19-12-6-14-9(4-17(24)21-14)1-8(12)3-16(23)11-2-10-5-18(25)22-15(10)7-13(11)20;/h1-2,6-7H,3-5H2,(H,21,24)(H,22,25);1H. The first-order valence-electron chi connectivity index (χ1n) is 7.67. The fourth-order valence-electron chi connectivity index (χ4n) is 3.16. The molecule has 0 saturated heterocycles. The van der Waals surface area contributed by atoms with Crippen LogP contribution in [-0.4, -0.2) is 17.6 Å². The molecule has 5 nitrogen and oxygen atoms in total. The summed E-state index contributed by atoms with van der Waals surface area (Å²) >= 11 is 12.5. The van der Waals surface area contributed by atoms with Gasteiger partial charge in [-0.25, -0.2) is 0 Å². The summed E-state index contributed by atoms with van der Waals surface area (Å²) in [6.45, 7) is 0. The number of ketones is 1. The molecular weight excluding hydrogens is 399 g/mol. The lowest BCUT2D eigenvalue weighted by atomic mass is 9.98. The third kappa shape index (κ3) is 3.30. The quantitative estimate of drug-likeness (QED) is 0.754. The number of nitrogens with one attached hydrogen (secondary N) is 2. The van der Waals surface area contributed by atoms with Crippen LogP contribution >= 0.6 is 35.6 Å². The minimum Gasteiger partial charge on any atom is -0.325 e. The Kier molecular flexibility index (Phi) is 4.97. The molecule has 2 aromatic carbocycles. The van der Waals surface area contributed by atoms with E-state index in [1.807, 2.05) is 0 Å². The lowest BCUT2D eigenvalue weighted by molar-refractivity contribution is -0.115. The van der Waals surface area contributed by atoms with E-state index in [-0.39, 0.29) is 49.3 Å². The van der Waals surface area contributed by atoms with E-state index in [0.717, 1.165) is 11.1 Å². The van der Waals surface area contributed by atoms with E-state index < -0.39 is 0 Å². The molecule has 4 rings (SSSR count). The summed E-state index contributed by atoms with van der Waals surface area (Å²) in [5.74, 6) is -0.394. The average Bonchev–Trinajstić information content (AvgIpc) is 3.06. The molecule has 8 heteroatoms. The van der Waals surface area contributed by atoms with Crippen LogP contribution in [0.1, 0.15) is 27.0 Å². The van der Waals surface area contributed by atoms with Crippen LogP contribution < -0.4 is 10.6 Å². The number of halogens is 3. The van der Waals surface area contributed by atoms with Crippen molar-refractivity contribution in [2.45, 2.75) is 19.3 Å². The number of Topliss-reactive ketones (excluding diaryl/α,β-unsaturated/α-hetero) is 1. The van der Waals surface area contributed by atoms with Gasteiger partial charge in [0, 0.05) is 28.4 Å². The van der Waals surface area contributed by atoms with Crippen molar-refractivity contribution in [2.75, 3.05) is 10.6 Å². The summed E-state index contributed by atoms with van der Waals surface area (Å²) < 4.78 is 0. The smallest absolute Gasteiger partial charge is 0.228 e. The van der Waals surface area contributed by atoms with E-state index in [2.05, 4.69) is 10.6 Å².